The summed E-state index contributed by atoms with van der Waals surface area (Å²) in [6.07, 6.45) is -1.10. The number of nitro benzene ring substituents is 1. The van der Waals surface area contributed by atoms with Crippen LogP contribution < -0.4 is 14.7 Å². The van der Waals surface area contributed by atoms with Gasteiger partial charge in [-0.2, -0.15) is 0 Å². The van der Waals surface area contributed by atoms with Gasteiger partial charge in [0.15, 0.2) is 6.10 Å². The summed E-state index contributed by atoms with van der Waals surface area (Å²) < 4.78 is 5.50. The zero-order chi connectivity index (χ0) is 28.7. The molecular formula is C31H23N3O7. The first-order valence-electron chi connectivity index (χ1n) is 12.8. The smallest absolute Gasteiger partial charge is 0.343 e. The number of carbonyl (C=O) groups is 3. The number of nitro groups is 1. The van der Waals surface area contributed by atoms with E-state index >= 15 is 0 Å². The van der Waals surface area contributed by atoms with Gasteiger partial charge in [-0.25, -0.2) is 14.8 Å². The van der Waals surface area contributed by atoms with E-state index in [1.165, 1.54) is 29.3 Å². The summed E-state index contributed by atoms with van der Waals surface area (Å²) in [7, 11) is 0. The van der Waals surface area contributed by atoms with Crippen molar-refractivity contribution in [1.29, 1.82) is 0 Å². The first-order chi connectivity index (χ1) is 19.8. The van der Waals surface area contributed by atoms with E-state index in [2.05, 4.69) is 0 Å². The highest BCUT2D eigenvalue weighted by atomic mass is 16.7. The Labute approximate surface area is 234 Å². The van der Waals surface area contributed by atoms with Gasteiger partial charge in [-0.15, -0.1) is 0 Å². The van der Waals surface area contributed by atoms with E-state index in [4.69, 9.17) is 9.57 Å². The van der Waals surface area contributed by atoms with Gasteiger partial charge in [-0.1, -0.05) is 48.0 Å². The third kappa shape index (κ3) is 4.70. The van der Waals surface area contributed by atoms with Crippen molar-refractivity contribution in [2.24, 2.45) is 5.92 Å². The molecule has 0 bridgehead atoms. The lowest BCUT2D eigenvalue weighted by atomic mass is 9.90. The van der Waals surface area contributed by atoms with Gasteiger partial charge in [0.25, 0.3) is 11.6 Å². The number of aryl methyl sites for hydroxylation is 1. The van der Waals surface area contributed by atoms with Crippen LogP contribution in [0.5, 0.6) is 5.75 Å². The Bertz CT molecular complexity index is 1640. The Morgan fingerprint density at radius 1 is 0.829 bits per heavy atom. The van der Waals surface area contributed by atoms with Crippen molar-refractivity contribution < 1.29 is 28.9 Å². The molecule has 41 heavy (non-hydrogen) atoms. The van der Waals surface area contributed by atoms with Gasteiger partial charge in [0.2, 0.25) is 5.91 Å². The third-order valence-corrected chi connectivity index (χ3v) is 7.16. The average molecular weight is 550 g/mol. The second-order valence-corrected chi connectivity index (χ2v) is 9.77. The summed E-state index contributed by atoms with van der Waals surface area (Å²) in [4.78, 5) is 57.7. The maximum Gasteiger partial charge on any atom is 0.343 e. The SMILES string of the molecule is Cc1ccc(N2C(=O)[C@@H]3[C@H](ON(c4ccc([N+](=O)[O-])cc4)[C@@H]3c3ccc(OC(=O)c4ccccc4)cc3)C2=O)cc1. The van der Waals surface area contributed by atoms with E-state index < -0.39 is 40.8 Å². The fourth-order valence-electron chi connectivity index (χ4n) is 5.12. The minimum Gasteiger partial charge on any atom is -0.423 e. The van der Waals surface area contributed by atoms with Crippen LogP contribution in [0, 0.1) is 23.0 Å². The number of hydrogen-bond acceptors (Lipinski definition) is 8. The van der Waals surface area contributed by atoms with E-state index in [-0.39, 0.29) is 5.69 Å². The highest BCUT2D eigenvalue weighted by Gasteiger charge is 2.60. The normalized spacial score (nSPS) is 19.8. The molecule has 0 unspecified atom stereocenters. The minimum absolute atomic E-state index is 0.105. The maximum atomic E-state index is 13.8. The second-order valence-electron chi connectivity index (χ2n) is 9.77. The van der Waals surface area contributed by atoms with Crippen LogP contribution in [0.2, 0.25) is 0 Å². The van der Waals surface area contributed by atoms with E-state index in [0.717, 1.165) is 10.5 Å². The number of amides is 2. The third-order valence-electron chi connectivity index (χ3n) is 7.16. The van der Waals surface area contributed by atoms with Crippen molar-refractivity contribution in [3.63, 3.8) is 0 Å². The van der Waals surface area contributed by atoms with Crippen LogP contribution in [0.3, 0.4) is 0 Å². The topological polar surface area (TPSA) is 119 Å². The molecule has 4 aromatic rings. The molecule has 2 aliphatic heterocycles. The number of rotatable bonds is 6. The van der Waals surface area contributed by atoms with Crippen molar-refractivity contribution in [3.8, 4) is 5.75 Å². The van der Waals surface area contributed by atoms with Crippen molar-refractivity contribution >= 4 is 34.8 Å². The average Bonchev–Trinajstić information content (AvgIpc) is 3.50. The van der Waals surface area contributed by atoms with Gasteiger partial charge in [0.1, 0.15) is 11.7 Å². The first kappa shape index (κ1) is 25.9. The maximum absolute atomic E-state index is 13.8. The summed E-state index contributed by atoms with van der Waals surface area (Å²) >= 11 is 0. The van der Waals surface area contributed by atoms with E-state index in [1.54, 1.807) is 66.7 Å². The molecule has 6 rings (SSSR count). The Kier molecular flexibility index (Phi) is 6.52. The summed E-state index contributed by atoms with van der Waals surface area (Å²) in [6, 6.07) is 27.2. The molecule has 2 amide bonds. The van der Waals surface area contributed by atoms with Gasteiger partial charge in [0.05, 0.1) is 27.9 Å². The number of fused-ring (bicyclic) bond motifs is 1. The number of nitrogens with zero attached hydrogens (tertiary/aromatic N) is 3. The standard InChI is InChI=1S/C31H23N3O7/c1-19-7-11-22(12-8-19)32-29(35)26-27(20-9-17-25(18-10-20)40-31(37)21-5-3-2-4-6-21)33(41-28(26)30(32)36)23-13-15-24(16-14-23)34(38)39/h2-18,26-28H,1H3/t26-,27+,28-/m0/s1. The number of hydroxylamine groups is 1. The predicted molar refractivity (Wildman–Crippen MR) is 148 cm³/mol. The molecule has 0 radical (unpaired) electrons. The molecule has 0 aromatic heterocycles. The lowest BCUT2D eigenvalue weighted by Crippen LogP contribution is -2.37. The van der Waals surface area contributed by atoms with Crippen LogP contribution in [0.25, 0.3) is 0 Å². The first-order valence-corrected chi connectivity index (χ1v) is 12.8. The number of benzene rings is 4. The lowest BCUT2D eigenvalue weighted by Gasteiger charge is -2.28. The van der Waals surface area contributed by atoms with Gasteiger partial charge < -0.3 is 4.74 Å². The van der Waals surface area contributed by atoms with Crippen LogP contribution >= 0.6 is 0 Å². The van der Waals surface area contributed by atoms with E-state index in [0.29, 0.717) is 28.3 Å². The molecule has 2 heterocycles. The molecule has 2 saturated heterocycles. The largest absolute Gasteiger partial charge is 0.423 e. The number of imide groups is 1. The highest BCUT2D eigenvalue weighted by molar-refractivity contribution is 6.23. The number of non-ortho nitro benzene ring substituents is 1. The molecule has 10 heteroatoms. The number of ether oxygens (including phenoxy) is 1. The van der Waals surface area contributed by atoms with Crippen LogP contribution in [-0.4, -0.2) is 28.8 Å². The zero-order valence-electron chi connectivity index (χ0n) is 21.7. The van der Waals surface area contributed by atoms with Gasteiger partial charge in [0, 0.05) is 12.1 Å². The molecule has 3 atom stereocenters. The van der Waals surface area contributed by atoms with Crippen molar-refractivity contribution in [2.75, 3.05) is 9.96 Å². The molecule has 2 fully saturated rings. The van der Waals surface area contributed by atoms with Crippen molar-refractivity contribution in [2.45, 2.75) is 19.1 Å². The highest BCUT2D eigenvalue weighted by Crippen LogP contribution is 2.48. The Morgan fingerprint density at radius 3 is 2.10 bits per heavy atom. The summed E-state index contributed by atoms with van der Waals surface area (Å²) in [5.41, 5.74) is 2.80. The van der Waals surface area contributed by atoms with Crippen LogP contribution in [0.1, 0.15) is 27.5 Å². The van der Waals surface area contributed by atoms with Gasteiger partial charge in [-0.3, -0.25) is 24.5 Å². The number of esters is 1. The fraction of sp³-hybridized carbons (Fsp3) is 0.129. The van der Waals surface area contributed by atoms with E-state index in [9.17, 15) is 24.5 Å². The number of hydrogen-bond donors (Lipinski definition) is 0. The summed E-state index contributed by atoms with van der Waals surface area (Å²) in [6.45, 7) is 1.91. The molecule has 0 aliphatic carbocycles. The van der Waals surface area contributed by atoms with Gasteiger partial charge >= 0.3 is 5.97 Å². The molecule has 10 nitrogen and oxygen atoms in total. The quantitative estimate of drug-likeness (QED) is 0.106. The Balaban J connectivity index is 1.34. The summed E-state index contributed by atoms with van der Waals surface area (Å²) in [5, 5.41) is 12.6. The lowest BCUT2D eigenvalue weighted by molar-refractivity contribution is -0.384. The van der Waals surface area contributed by atoms with Crippen LogP contribution in [0.15, 0.2) is 103 Å². The molecule has 0 N–H and O–H groups in total. The fourth-order valence-corrected chi connectivity index (χ4v) is 5.12. The van der Waals surface area contributed by atoms with Crippen LogP contribution in [0.4, 0.5) is 17.1 Å². The number of carbonyl (C=O) groups excluding carboxylic acids is 3. The van der Waals surface area contributed by atoms with Crippen molar-refractivity contribution in [1.82, 2.24) is 0 Å². The monoisotopic (exact) mass is 549 g/mol. The Morgan fingerprint density at radius 2 is 1.46 bits per heavy atom. The zero-order valence-corrected chi connectivity index (χ0v) is 21.7. The van der Waals surface area contributed by atoms with Gasteiger partial charge in [-0.05, 0) is 61.0 Å². The van der Waals surface area contributed by atoms with Crippen molar-refractivity contribution in [3.05, 3.63) is 130 Å². The molecule has 204 valence electrons. The Hall–Kier alpha value is -5.35. The minimum atomic E-state index is -1.10. The van der Waals surface area contributed by atoms with E-state index in [1.807, 2.05) is 19.1 Å². The molecule has 0 spiro atoms. The molecule has 4 aromatic carbocycles. The summed E-state index contributed by atoms with van der Waals surface area (Å²) in [5.74, 6) is -2.02. The molecular weight excluding hydrogens is 526 g/mol. The second kappa shape index (κ2) is 10.3. The van der Waals surface area contributed by atoms with Crippen LogP contribution in [-0.2, 0) is 14.4 Å². The molecule has 2 aliphatic rings. The predicted octanol–water partition coefficient (Wildman–Crippen LogP) is 5.17. The number of anilines is 2. The molecule has 0 saturated carbocycles.